The molecule has 0 amide bonds. The van der Waals surface area contributed by atoms with Gasteiger partial charge in [0.05, 0.1) is 5.56 Å². The Bertz CT molecular complexity index is 627. The molecule has 0 radical (unpaired) electrons. The zero-order chi connectivity index (χ0) is 13.7. The van der Waals surface area contributed by atoms with Gasteiger partial charge in [-0.15, -0.1) is 6.58 Å². The Kier molecular flexibility index (Phi) is 3.79. The van der Waals surface area contributed by atoms with Crippen LogP contribution in [0, 0.1) is 11.3 Å². The van der Waals surface area contributed by atoms with E-state index >= 15 is 0 Å². The zero-order valence-electron chi connectivity index (χ0n) is 10.3. The van der Waals surface area contributed by atoms with Crippen LogP contribution in [-0.4, -0.2) is 4.98 Å². The number of rotatable bonds is 4. The van der Waals surface area contributed by atoms with E-state index in [4.69, 9.17) is 15.7 Å². The summed E-state index contributed by atoms with van der Waals surface area (Å²) in [5, 5.41) is 8.71. The van der Waals surface area contributed by atoms with Gasteiger partial charge < -0.3 is 10.5 Å². The highest BCUT2D eigenvalue weighted by molar-refractivity contribution is 5.49. The maximum Gasteiger partial charge on any atom is 0.219 e. The lowest BCUT2D eigenvalue weighted by molar-refractivity contribution is 0.458. The number of pyridine rings is 1. The molecular weight excluding hydrogens is 238 g/mol. The number of nitriles is 1. The van der Waals surface area contributed by atoms with Crippen molar-refractivity contribution < 1.29 is 4.74 Å². The second-order valence-corrected chi connectivity index (χ2v) is 3.96. The van der Waals surface area contributed by atoms with Crippen LogP contribution in [0.1, 0.15) is 11.1 Å². The summed E-state index contributed by atoms with van der Waals surface area (Å²) in [5.41, 5.74) is 7.87. The summed E-state index contributed by atoms with van der Waals surface area (Å²) >= 11 is 0. The van der Waals surface area contributed by atoms with Gasteiger partial charge in [-0.25, -0.2) is 4.98 Å². The minimum Gasteiger partial charge on any atom is -0.439 e. The number of hydrogen-bond acceptors (Lipinski definition) is 4. The van der Waals surface area contributed by atoms with E-state index in [0.717, 1.165) is 5.56 Å². The fourth-order valence-corrected chi connectivity index (χ4v) is 1.63. The number of benzene rings is 1. The number of nitrogens with two attached hydrogens (primary N) is 1. The van der Waals surface area contributed by atoms with Crippen molar-refractivity contribution in [2.75, 3.05) is 5.73 Å². The van der Waals surface area contributed by atoms with Gasteiger partial charge in [0.25, 0.3) is 0 Å². The summed E-state index contributed by atoms with van der Waals surface area (Å²) in [6.07, 6.45) is 3.92. The monoisotopic (exact) mass is 251 g/mol. The van der Waals surface area contributed by atoms with Gasteiger partial charge in [0, 0.05) is 23.5 Å². The number of ether oxygens (including phenoxy) is 1. The average molecular weight is 251 g/mol. The zero-order valence-corrected chi connectivity index (χ0v) is 10.3. The topological polar surface area (TPSA) is 71.9 Å². The highest BCUT2D eigenvalue weighted by Crippen LogP contribution is 2.26. The Labute approximate surface area is 111 Å². The molecule has 4 heteroatoms. The van der Waals surface area contributed by atoms with Gasteiger partial charge in [0.1, 0.15) is 11.8 Å². The first-order chi connectivity index (χ1) is 9.22. The Morgan fingerprint density at radius 3 is 2.84 bits per heavy atom. The van der Waals surface area contributed by atoms with Crippen molar-refractivity contribution >= 4 is 5.69 Å². The molecule has 2 N–H and O–H groups in total. The van der Waals surface area contributed by atoms with Gasteiger partial charge in [0.15, 0.2) is 0 Å². The van der Waals surface area contributed by atoms with Crippen LogP contribution >= 0.6 is 0 Å². The molecule has 1 aromatic carbocycles. The Morgan fingerprint density at radius 1 is 1.37 bits per heavy atom. The summed E-state index contributed by atoms with van der Waals surface area (Å²) in [4.78, 5) is 4.07. The molecule has 0 atom stereocenters. The van der Waals surface area contributed by atoms with Crippen LogP contribution in [0.5, 0.6) is 11.6 Å². The first-order valence-corrected chi connectivity index (χ1v) is 5.76. The number of anilines is 1. The van der Waals surface area contributed by atoms with Gasteiger partial charge in [-0.3, -0.25) is 0 Å². The predicted octanol–water partition coefficient (Wildman–Crippen LogP) is 3.06. The van der Waals surface area contributed by atoms with Crippen LogP contribution < -0.4 is 10.5 Å². The lowest BCUT2D eigenvalue weighted by Crippen LogP contribution is -1.95. The summed E-state index contributed by atoms with van der Waals surface area (Å²) in [6.45, 7) is 3.71. The van der Waals surface area contributed by atoms with Crippen LogP contribution in [0.15, 0.2) is 49.2 Å². The van der Waals surface area contributed by atoms with Gasteiger partial charge in [-0.1, -0.05) is 6.08 Å². The summed E-state index contributed by atoms with van der Waals surface area (Å²) in [6, 6.07) is 10.7. The molecule has 2 aromatic rings. The lowest BCUT2D eigenvalue weighted by Gasteiger charge is -2.10. The van der Waals surface area contributed by atoms with Crippen molar-refractivity contribution in [1.29, 1.82) is 5.26 Å². The molecule has 0 saturated carbocycles. The first-order valence-electron chi connectivity index (χ1n) is 5.76. The molecule has 19 heavy (non-hydrogen) atoms. The predicted molar refractivity (Wildman–Crippen MR) is 73.8 cm³/mol. The second kappa shape index (κ2) is 5.69. The third-order valence-electron chi connectivity index (χ3n) is 2.53. The quantitative estimate of drug-likeness (QED) is 0.669. The molecule has 0 saturated heterocycles. The maximum absolute atomic E-state index is 8.71. The third kappa shape index (κ3) is 3.11. The highest BCUT2D eigenvalue weighted by atomic mass is 16.5. The minimum absolute atomic E-state index is 0.439. The number of nitrogens with zero attached hydrogens (tertiary/aromatic N) is 2. The molecule has 0 aliphatic heterocycles. The standard InChI is InChI=1S/C15H13N3O/c1-2-3-12-8-13(17)5-6-14(12)19-15-7-4-11(9-16)10-18-15/h2,4-8,10H,1,3,17H2. The fourth-order valence-electron chi connectivity index (χ4n) is 1.63. The van der Waals surface area contributed by atoms with Crippen LogP contribution in [0.25, 0.3) is 0 Å². The van der Waals surface area contributed by atoms with Crippen molar-refractivity contribution in [3.8, 4) is 17.7 Å². The maximum atomic E-state index is 8.71. The lowest BCUT2D eigenvalue weighted by atomic mass is 10.1. The number of allylic oxidation sites excluding steroid dienone is 1. The molecule has 0 aliphatic rings. The molecule has 0 fully saturated rings. The van der Waals surface area contributed by atoms with Crippen LogP contribution in [-0.2, 0) is 6.42 Å². The number of nitrogen functional groups attached to an aromatic ring is 1. The molecule has 4 nitrogen and oxygen atoms in total. The average Bonchev–Trinajstić information content (AvgIpc) is 2.43. The Balaban J connectivity index is 2.26. The number of hydrogen-bond donors (Lipinski definition) is 1. The highest BCUT2D eigenvalue weighted by Gasteiger charge is 2.05. The summed E-state index contributed by atoms with van der Waals surface area (Å²) in [5.74, 6) is 1.13. The van der Waals surface area contributed by atoms with E-state index in [0.29, 0.717) is 29.3 Å². The van der Waals surface area contributed by atoms with Gasteiger partial charge in [-0.05, 0) is 30.7 Å². The van der Waals surface area contributed by atoms with Crippen LogP contribution in [0.4, 0.5) is 5.69 Å². The molecule has 1 aromatic heterocycles. The van der Waals surface area contributed by atoms with Gasteiger partial charge in [0.2, 0.25) is 5.88 Å². The van der Waals surface area contributed by atoms with Crippen molar-refractivity contribution in [3.05, 3.63) is 60.3 Å². The number of aromatic nitrogens is 1. The Hall–Kier alpha value is -2.80. The van der Waals surface area contributed by atoms with Gasteiger partial charge in [-0.2, -0.15) is 5.26 Å². The molecule has 0 aliphatic carbocycles. The van der Waals surface area contributed by atoms with E-state index in [1.54, 1.807) is 30.3 Å². The van der Waals surface area contributed by atoms with E-state index < -0.39 is 0 Å². The molecule has 1 heterocycles. The van der Waals surface area contributed by atoms with E-state index in [-0.39, 0.29) is 0 Å². The van der Waals surface area contributed by atoms with E-state index in [2.05, 4.69) is 11.6 Å². The van der Waals surface area contributed by atoms with Crippen molar-refractivity contribution in [3.63, 3.8) is 0 Å². The van der Waals surface area contributed by atoms with Crippen LogP contribution in [0.2, 0.25) is 0 Å². The fraction of sp³-hybridized carbons (Fsp3) is 0.0667. The van der Waals surface area contributed by atoms with E-state index in [1.807, 2.05) is 12.1 Å². The normalized spacial score (nSPS) is 9.63. The van der Waals surface area contributed by atoms with Gasteiger partial charge >= 0.3 is 0 Å². The van der Waals surface area contributed by atoms with Crippen molar-refractivity contribution in [2.24, 2.45) is 0 Å². The first kappa shape index (κ1) is 12.7. The molecule has 0 bridgehead atoms. The SMILES string of the molecule is C=CCc1cc(N)ccc1Oc1ccc(C#N)cn1. The molecule has 0 unspecified atom stereocenters. The van der Waals surface area contributed by atoms with Crippen molar-refractivity contribution in [1.82, 2.24) is 4.98 Å². The Morgan fingerprint density at radius 2 is 2.21 bits per heavy atom. The third-order valence-corrected chi connectivity index (χ3v) is 2.53. The van der Waals surface area contributed by atoms with E-state index in [1.165, 1.54) is 6.20 Å². The molecule has 2 rings (SSSR count). The van der Waals surface area contributed by atoms with E-state index in [9.17, 15) is 0 Å². The largest absolute Gasteiger partial charge is 0.439 e. The van der Waals surface area contributed by atoms with Crippen molar-refractivity contribution in [2.45, 2.75) is 6.42 Å². The summed E-state index contributed by atoms with van der Waals surface area (Å²) < 4.78 is 5.69. The molecule has 94 valence electrons. The molecule has 0 spiro atoms. The summed E-state index contributed by atoms with van der Waals surface area (Å²) in [7, 11) is 0. The smallest absolute Gasteiger partial charge is 0.219 e. The molecular formula is C15H13N3O. The van der Waals surface area contributed by atoms with Crippen LogP contribution in [0.3, 0.4) is 0 Å². The minimum atomic E-state index is 0.439. The second-order valence-electron chi connectivity index (χ2n) is 3.96.